The summed E-state index contributed by atoms with van der Waals surface area (Å²) >= 11 is 0. The molecule has 0 radical (unpaired) electrons. The Kier molecular flexibility index (Phi) is 3.05. The quantitative estimate of drug-likeness (QED) is 0.847. The lowest BCUT2D eigenvalue weighted by molar-refractivity contribution is 0.0690. The summed E-state index contributed by atoms with van der Waals surface area (Å²) in [6.45, 7) is 1.72. The van der Waals surface area contributed by atoms with Crippen molar-refractivity contribution in [3.8, 4) is 0 Å². The van der Waals surface area contributed by atoms with Crippen molar-refractivity contribution in [2.75, 3.05) is 5.32 Å². The third kappa shape index (κ3) is 2.51. The molecule has 92 valence electrons. The van der Waals surface area contributed by atoms with Gasteiger partial charge in [0.1, 0.15) is 12.0 Å². The number of carboxylic acids is 1. The first kappa shape index (κ1) is 11.8. The predicted octanol–water partition coefficient (Wildman–Crippen LogP) is 1.33. The van der Waals surface area contributed by atoms with Crippen LogP contribution in [-0.2, 0) is 0 Å². The minimum Gasteiger partial charge on any atom is -0.477 e. The number of carbonyl (C=O) groups excluding carboxylic acids is 1. The molecule has 0 bridgehead atoms. The molecule has 0 saturated carbocycles. The van der Waals surface area contributed by atoms with Crippen LogP contribution in [0, 0.1) is 6.92 Å². The summed E-state index contributed by atoms with van der Waals surface area (Å²) in [5.74, 6) is -1.62. The molecule has 18 heavy (non-hydrogen) atoms. The van der Waals surface area contributed by atoms with E-state index in [-0.39, 0.29) is 17.3 Å². The lowest BCUT2D eigenvalue weighted by Crippen LogP contribution is -2.13. The van der Waals surface area contributed by atoms with Gasteiger partial charge in [0, 0.05) is 6.20 Å². The lowest BCUT2D eigenvalue weighted by atomic mass is 10.2. The Hall–Kier alpha value is -2.70. The number of aromatic carboxylic acids is 1. The summed E-state index contributed by atoms with van der Waals surface area (Å²) in [6.07, 6.45) is 2.58. The smallest absolute Gasteiger partial charge is 0.354 e. The van der Waals surface area contributed by atoms with Crippen LogP contribution in [0.3, 0.4) is 0 Å². The highest BCUT2D eigenvalue weighted by Crippen LogP contribution is 2.08. The summed E-state index contributed by atoms with van der Waals surface area (Å²) in [5, 5.41) is 11.1. The number of nitrogens with zero attached hydrogens (tertiary/aromatic N) is 2. The SMILES string of the molecule is Cc1coc(NC(=O)c2ccc(C(=O)O)nc2)n1. The number of aromatic nitrogens is 2. The Morgan fingerprint density at radius 1 is 1.39 bits per heavy atom. The molecule has 0 aliphatic carbocycles. The molecule has 2 heterocycles. The van der Waals surface area contributed by atoms with E-state index in [1.165, 1.54) is 24.6 Å². The Bertz CT molecular complexity index is 589. The van der Waals surface area contributed by atoms with Gasteiger partial charge in [-0.15, -0.1) is 0 Å². The maximum atomic E-state index is 11.7. The van der Waals surface area contributed by atoms with Crippen LogP contribution in [-0.4, -0.2) is 27.0 Å². The first-order valence-corrected chi connectivity index (χ1v) is 4.99. The van der Waals surface area contributed by atoms with E-state index in [2.05, 4.69) is 15.3 Å². The number of aryl methyl sites for hydroxylation is 1. The van der Waals surface area contributed by atoms with Crippen LogP contribution in [0.25, 0.3) is 0 Å². The van der Waals surface area contributed by atoms with Crippen molar-refractivity contribution in [1.82, 2.24) is 9.97 Å². The average Bonchev–Trinajstić information content (AvgIpc) is 2.75. The molecule has 7 nitrogen and oxygen atoms in total. The standard InChI is InChI=1S/C11H9N3O4/c1-6-5-18-11(13-6)14-9(15)7-2-3-8(10(16)17)12-4-7/h2-5H,1H3,(H,16,17)(H,13,14,15). The van der Waals surface area contributed by atoms with Gasteiger partial charge in [0.25, 0.3) is 5.91 Å². The van der Waals surface area contributed by atoms with E-state index in [0.717, 1.165) is 0 Å². The van der Waals surface area contributed by atoms with Gasteiger partial charge in [-0.3, -0.25) is 10.1 Å². The van der Waals surface area contributed by atoms with Crippen molar-refractivity contribution in [3.63, 3.8) is 0 Å². The van der Waals surface area contributed by atoms with Crippen LogP contribution in [0.4, 0.5) is 6.01 Å². The molecule has 0 aliphatic heterocycles. The van der Waals surface area contributed by atoms with Crippen LogP contribution in [0.2, 0.25) is 0 Å². The molecule has 0 unspecified atom stereocenters. The van der Waals surface area contributed by atoms with E-state index in [9.17, 15) is 9.59 Å². The van der Waals surface area contributed by atoms with E-state index in [1.54, 1.807) is 6.92 Å². The van der Waals surface area contributed by atoms with Crippen molar-refractivity contribution >= 4 is 17.9 Å². The summed E-state index contributed by atoms with van der Waals surface area (Å²) in [5.41, 5.74) is 0.735. The minimum absolute atomic E-state index is 0.0832. The third-order valence-corrected chi connectivity index (χ3v) is 2.08. The molecular weight excluding hydrogens is 238 g/mol. The number of rotatable bonds is 3. The Morgan fingerprint density at radius 3 is 2.67 bits per heavy atom. The van der Waals surface area contributed by atoms with Gasteiger partial charge in [0.15, 0.2) is 0 Å². The molecule has 0 aliphatic rings. The van der Waals surface area contributed by atoms with E-state index >= 15 is 0 Å². The highest BCUT2D eigenvalue weighted by Gasteiger charge is 2.11. The topological polar surface area (TPSA) is 105 Å². The molecule has 2 aromatic heterocycles. The highest BCUT2D eigenvalue weighted by atomic mass is 16.4. The number of amides is 1. The van der Waals surface area contributed by atoms with Gasteiger partial charge in [-0.1, -0.05) is 0 Å². The van der Waals surface area contributed by atoms with Crippen molar-refractivity contribution < 1.29 is 19.1 Å². The van der Waals surface area contributed by atoms with Gasteiger partial charge in [-0.25, -0.2) is 9.78 Å². The second-order valence-corrected chi connectivity index (χ2v) is 3.49. The van der Waals surface area contributed by atoms with Crippen LogP contribution in [0.15, 0.2) is 29.0 Å². The number of carbonyl (C=O) groups is 2. The van der Waals surface area contributed by atoms with E-state index < -0.39 is 11.9 Å². The number of oxazole rings is 1. The normalized spacial score (nSPS) is 10.1. The van der Waals surface area contributed by atoms with Crippen molar-refractivity contribution in [2.45, 2.75) is 6.92 Å². The second-order valence-electron chi connectivity index (χ2n) is 3.49. The summed E-state index contributed by atoms with van der Waals surface area (Å²) in [4.78, 5) is 29.8. The van der Waals surface area contributed by atoms with Crippen molar-refractivity contribution in [2.24, 2.45) is 0 Å². The molecule has 2 rings (SSSR count). The van der Waals surface area contributed by atoms with Crippen LogP contribution in [0.1, 0.15) is 26.5 Å². The fourth-order valence-electron chi connectivity index (χ4n) is 1.24. The maximum absolute atomic E-state index is 11.7. The Morgan fingerprint density at radius 2 is 2.17 bits per heavy atom. The fraction of sp³-hybridized carbons (Fsp3) is 0.0909. The largest absolute Gasteiger partial charge is 0.477 e. The number of hydrogen-bond acceptors (Lipinski definition) is 5. The van der Waals surface area contributed by atoms with Crippen LogP contribution >= 0.6 is 0 Å². The van der Waals surface area contributed by atoms with Crippen molar-refractivity contribution in [3.05, 3.63) is 41.5 Å². The highest BCUT2D eigenvalue weighted by molar-refractivity contribution is 6.03. The lowest BCUT2D eigenvalue weighted by Gasteiger charge is -2.00. The van der Waals surface area contributed by atoms with E-state index in [4.69, 9.17) is 9.52 Å². The predicted molar refractivity (Wildman–Crippen MR) is 60.4 cm³/mol. The number of anilines is 1. The first-order valence-electron chi connectivity index (χ1n) is 4.99. The molecule has 2 N–H and O–H groups in total. The zero-order valence-electron chi connectivity index (χ0n) is 9.38. The second kappa shape index (κ2) is 4.66. The molecule has 7 heteroatoms. The third-order valence-electron chi connectivity index (χ3n) is 2.08. The zero-order chi connectivity index (χ0) is 13.1. The Labute approximate surface area is 101 Å². The van der Waals surface area contributed by atoms with Crippen molar-refractivity contribution in [1.29, 1.82) is 0 Å². The van der Waals surface area contributed by atoms with E-state index in [1.807, 2.05) is 0 Å². The molecule has 0 fully saturated rings. The first-order chi connectivity index (χ1) is 8.56. The van der Waals surface area contributed by atoms with Crippen LogP contribution in [0.5, 0.6) is 0 Å². The average molecular weight is 247 g/mol. The number of pyridine rings is 1. The molecule has 0 spiro atoms. The number of carboxylic acid groups (broad SMARTS) is 1. The molecule has 2 aromatic rings. The molecule has 0 saturated heterocycles. The summed E-state index contributed by atoms with van der Waals surface area (Å²) < 4.78 is 4.96. The van der Waals surface area contributed by atoms with Gasteiger partial charge in [-0.05, 0) is 19.1 Å². The summed E-state index contributed by atoms with van der Waals surface area (Å²) in [6, 6.07) is 2.69. The Balaban J connectivity index is 2.11. The zero-order valence-corrected chi connectivity index (χ0v) is 9.38. The van der Waals surface area contributed by atoms with E-state index in [0.29, 0.717) is 5.69 Å². The monoisotopic (exact) mass is 247 g/mol. The molecule has 0 atom stereocenters. The fourth-order valence-corrected chi connectivity index (χ4v) is 1.24. The maximum Gasteiger partial charge on any atom is 0.354 e. The molecular formula is C11H9N3O4. The van der Waals surface area contributed by atoms with Gasteiger partial charge in [0.05, 0.1) is 11.3 Å². The summed E-state index contributed by atoms with van der Waals surface area (Å²) in [7, 11) is 0. The number of hydrogen-bond donors (Lipinski definition) is 2. The van der Waals surface area contributed by atoms with Gasteiger partial charge in [-0.2, -0.15) is 4.98 Å². The van der Waals surface area contributed by atoms with Gasteiger partial charge in [0.2, 0.25) is 0 Å². The minimum atomic E-state index is -1.15. The van der Waals surface area contributed by atoms with Crippen LogP contribution < -0.4 is 5.32 Å². The van der Waals surface area contributed by atoms with Gasteiger partial charge >= 0.3 is 12.0 Å². The van der Waals surface area contributed by atoms with Gasteiger partial charge < -0.3 is 9.52 Å². The molecule has 0 aromatic carbocycles. The molecule has 1 amide bonds. The number of nitrogens with one attached hydrogen (secondary N) is 1.